The van der Waals surface area contributed by atoms with Gasteiger partial charge in [0.05, 0.1) is 6.04 Å². The number of hydrogen-bond acceptors (Lipinski definition) is 3. The fourth-order valence-electron chi connectivity index (χ4n) is 0.969. The van der Waals surface area contributed by atoms with Gasteiger partial charge in [-0.25, -0.2) is 0 Å². The van der Waals surface area contributed by atoms with Gasteiger partial charge in [0, 0.05) is 7.11 Å². The number of aliphatic hydroxyl groups excluding tert-OH is 1. The van der Waals surface area contributed by atoms with Crippen LogP contribution in [0, 0.1) is 0 Å². The maximum absolute atomic E-state index is 10.6. The topological polar surface area (TPSA) is 89.3 Å². The SMILES string of the molecule is CO.NC(=O)C(N)Cc1ccccc1. The molecule has 1 atom stereocenters. The van der Waals surface area contributed by atoms with Crippen molar-refractivity contribution < 1.29 is 9.90 Å². The number of primary amides is 1. The normalized spacial score (nSPS) is 11.1. The zero-order valence-corrected chi connectivity index (χ0v) is 8.18. The zero-order chi connectivity index (χ0) is 11.0. The summed E-state index contributed by atoms with van der Waals surface area (Å²) in [6, 6.07) is 8.99. The number of benzene rings is 1. The van der Waals surface area contributed by atoms with E-state index in [-0.39, 0.29) is 0 Å². The summed E-state index contributed by atoms with van der Waals surface area (Å²) in [7, 11) is 1.00. The van der Waals surface area contributed by atoms with Crippen molar-refractivity contribution in [2.75, 3.05) is 7.11 Å². The van der Waals surface area contributed by atoms with Crippen LogP contribution in [0.2, 0.25) is 0 Å². The highest BCUT2D eigenvalue weighted by Gasteiger charge is 2.08. The van der Waals surface area contributed by atoms with Crippen LogP contribution in [0.4, 0.5) is 0 Å². The molecule has 1 aromatic carbocycles. The Bertz CT molecular complexity index is 262. The summed E-state index contributed by atoms with van der Waals surface area (Å²) in [4.78, 5) is 10.6. The number of hydrogen-bond donors (Lipinski definition) is 3. The van der Waals surface area contributed by atoms with Crippen LogP contribution in [-0.4, -0.2) is 24.2 Å². The Balaban J connectivity index is 0.000000791. The molecule has 4 nitrogen and oxygen atoms in total. The smallest absolute Gasteiger partial charge is 0.234 e. The van der Waals surface area contributed by atoms with E-state index >= 15 is 0 Å². The Morgan fingerprint density at radius 3 is 2.29 bits per heavy atom. The van der Waals surface area contributed by atoms with Gasteiger partial charge < -0.3 is 16.6 Å². The second kappa shape index (κ2) is 7.06. The molecule has 0 aliphatic carbocycles. The Hall–Kier alpha value is -1.39. The molecule has 0 spiro atoms. The lowest BCUT2D eigenvalue weighted by molar-refractivity contribution is -0.119. The predicted molar refractivity (Wildman–Crippen MR) is 55.5 cm³/mol. The summed E-state index contributed by atoms with van der Waals surface area (Å²) in [5.74, 6) is -0.459. The second-order valence-electron chi connectivity index (χ2n) is 2.70. The third kappa shape index (κ3) is 4.59. The van der Waals surface area contributed by atoms with E-state index in [2.05, 4.69) is 0 Å². The average Bonchev–Trinajstić information content (AvgIpc) is 2.22. The average molecular weight is 196 g/mol. The number of nitrogens with two attached hydrogens (primary N) is 2. The molecule has 4 heteroatoms. The van der Waals surface area contributed by atoms with Crippen LogP contribution in [0.3, 0.4) is 0 Å². The minimum atomic E-state index is -0.576. The predicted octanol–water partition coefficient (Wildman–Crippen LogP) is -0.350. The van der Waals surface area contributed by atoms with Crippen molar-refractivity contribution in [3.05, 3.63) is 35.9 Å². The highest BCUT2D eigenvalue weighted by atomic mass is 16.2. The molecular formula is C10H16N2O2. The zero-order valence-electron chi connectivity index (χ0n) is 8.18. The van der Waals surface area contributed by atoms with Crippen LogP contribution in [0.1, 0.15) is 5.56 Å². The molecule has 0 radical (unpaired) electrons. The van der Waals surface area contributed by atoms with E-state index in [9.17, 15) is 4.79 Å². The van der Waals surface area contributed by atoms with Crippen LogP contribution in [0.15, 0.2) is 30.3 Å². The van der Waals surface area contributed by atoms with E-state index in [4.69, 9.17) is 16.6 Å². The first-order chi connectivity index (χ1) is 6.70. The Morgan fingerprint density at radius 1 is 1.36 bits per heavy atom. The molecule has 0 fully saturated rings. The standard InChI is InChI=1S/C9H12N2O.CH4O/c10-8(9(11)12)6-7-4-2-1-3-5-7;1-2/h1-5,8H,6,10H2,(H2,11,12);2H,1H3. The fraction of sp³-hybridized carbons (Fsp3) is 0.300. The summed E-state index contributed by atoms with van der Waals surface area (Å²) in [6.07, 6.45) is 0.510. The third-order valence-corrected chi connectivity index (χ3v) is 1.66. The van der Waals surface area contributed by atoms with Gasteiger partial charge in [0.15, 0.2) is 0 Å². The second-order valence-corrected chi connectivity index (χ2v) is 2.70. The van der Waals surface area contributed by atoms with E-state index in [1.807, 2.05) is 30.3 Å². The number of aliphatic hydroxyl groups is 1. The largest absolute Gasteiger partial charge is 0.400 e. The van der Waals surface area contributed by atoms with Crippen molar-refractivity contribution >= 4 is 5.91 Å². The molecule has 5 N–H and O–H groups in total. The maximum Gasteiger partial charge on any atom is 0.234 e. The van der Waals surface area contributed by atoms with Crippen molar-refractivity contribution in [2.45, 2.75) is 12.5 Å². The lowest BCUT2D eigenvalue weighted by Crippen LogP contribution is -2.38. The number of amides is 1. The molecule has 0 bridgehead atoms. The first-order valence-electron chi connectivity index (χ1n) is 4.23. The van der Waals surface area contributed by atoms with Crippen molar-refractivity contribution in [2.24, 2.45) is 11.5 Å². The molecule has 1 unspecified atom stereocenters. The number of carbonyl (C=O) groups excluding carboxylic acids is 1. The Morgan fingerprint density at radius 2 is 1.86 bits per heavy atom. The third-order valence-electron chi connectivity index (χ3n) is 1.66. The molecule has 14 heavy (non-hydrogen) atoms. The monoisotopic (exact) mass is 196 g/mol. The van der Waals surface area contributed by atoms with Gasteiger partial charge in [-0.15, -0.1) is 0 Å². The molecule has 0 saturated carbocycles. The molecular weight excluding hydrogens is 180 g/mol. The van der Waals surface area contributed by atoms with Gasteiger partial charge in [0.2, 0.25) is 5.91 Å². The molecule has 1 rings (SSSR count). The Kier molecular flexibility index (Phi) is 6.36. The summed E-state index contributed by atoms with van der Waals surface area (Å²) < 4.78 is 0. The van der Waals surface area contributed by atoms with Gasteiger partial charge >= 0.3 is 0 Å². The summed E-state index contributed by atoms with van der Waals surface area (Å²) in [5.41, 5.74) is 11.5. The molecule has 0 saturated heterocycles. The lowest BCUT2D eigenvalue weighted by Gasteiger charge is -2.06. The summed E-state index contributed by atoms with van der Waals surface area (Å²) >= 11 is 0. The van der Waals surface area contributed by atoms with E-state index in [1.54, 1.807) is 0 Å². The van der Waals surface area contributed by atoms with Crippen LogP contribution in [0.5, 0.6) is 0 Å². The first kappa shape index (κ1) is 12.6. The molecule has 0 aliphatic heterocycles. The van der Waals surface area contributed by atoms with Crippen molar-refractivity contribution in [1.82, 2.24) is 0 Å². The van der Waals surface area contributed by atoms with E-state index in [0.29, 0.717) is 6.42 Å². The lowest BCUT2D eigenvalue weighted by atomic mass is 10.1. The van der Waals surface area contributed by atoms with Gasteiger partial charge in [0.1, 0.15) is 0 Å². The van der Waals surface area contributed by atoms with E-state index in [0.717, 1.165) is 12.7 Å². The van der Waals surface area contributed by atoms with Gasteiger partial charge in [-0.1, -0.05) is 30.3 Å². The van der Waals surface area contributed by atoms with Crippen LogP contribution >= 0.6 is 0 Å². The van der Waals surface area contributed by atoms with Crippen LogP contribution in [-0.2, 0) is 11.2 Å². The molecule has 1 amide bonds. The van der Waals surface area contributed by atoms with Crippen molar-refractivity contribution in [1.29, 1.82) is 0 Å². The number of rotatable bonds is 3. The molecule has 1 aromatic rings. The highest BCUT2D eigenvalue weighted by Crippen LogP contribution is 2.00. The highest BCUT2D eigenvalue weighted by molar-refractivity contribution is 5.79. The molecule has 0 heterocycles. The minimum Gasteiger partial charge on any atom is -0.400 e. The van der Waals surface area contributed by atoms with Crippen LogP contribution in [0.25, 0.3) is 0 Å². The van der Waals surface area contributed by atoms with E-state index < -0.39 is 11.9 Å². The summed E-state index contributed by atoms with van der Waals surface area (Å²) in [5, 5.41) is 7.00. The first-order valence-corrected chi connectivity index (χ1v) is 4.23. The van der Waals surface area contributed by atoms with Gasteiger partial charge in [0.25, 0.3) is 0 Å². The quantitative estimate of drug-likeness (QED) is 0.617. The van der Waals surface area contributed by atoms with Crippen molar-refractivity contribution in [3.63, 3.8) is 0 Å². The van der Waals surface area contributed by atoms with E-state index in [1.165, 1.54) is 0 Å². The Labute approximate surface area is 83.5 Å². The number of carbonyl (C=O) groups is 1. The summed E-state index contributed by atoms with van der Waals surface area (Å²) in [6.45, 7) is 0. The molecule has 0 aromatic heterocycles. The van der Waals surface area contributed by atoms with Gasteiger partial charge in [-0.05, 0) is 12.0 Å². The van der Waals surface area contributed by atoms with Crippen LogP contribution < -0.4 is 11.5 Å². The minimum absolute atomic E-state index is 0.459. The maximum atomic E-state index is 10.6. The van der Waals surface area contributed by atoms with Crippen molar-refractivity contribution in [3.8, 4) is 0 Å². The van der Waals surface area contributed by atoms with Gasteiger partial charge in [-0.2, -0.15) is 0 Å². The molecule has 0 aliphatic rings. The molecule has 78 valence electrons. The fourth-order valence-corrected chi connectivity index (χ4v) is 0.969. The van der Waals surface area contributed by atoms with Gasteiger partial charge in [-0.3, -0.25) is 4.79 Å².